The van der Waals surface area contributed by atoms with Crippen molar-refractivity contribution in [2.45, 2.75) is 106 Å². The Hall–Kier alpha value is -2.66. The molecule has 47 heavy (non-hydrogen) atoms. The molecule has 15 heteroatoms. The number of nitrogens with one attached hydrogen (secondary N) is 2. The monoisotopic (exact) mass is 662 g/mol. The van der Waals surface area contributed by atoms with Gasteiger partial charge in [0.2, 0.25) is 11.8 Å². The molecule has 8 aliphatic rings. The van der Waals surface area contributed by atoms with Gasteiger partial charge in [-0.1, -0.05) is 20.8 Å². The molecule has 2 saturated carbocycles. The molecule has 2 spiro atoms. The fourth-order valence-electron chi connectivity index (χ4n) is 9.75. The smallest absolute Gasteiger partial charge is 0.334 e. The predicted octanol–water partition coefficient (Wildman–Crippen LogP) is -1.59. The van der Waals surface area contributed by atoms with Gasteiger partial charge in [-0.05, 0) is 43.1 Å². The molecule has 15 nitrogen and oxygen atoms in total. The zero-order valence-electron chi connectivity index (χ0n) is 26.7. The van der Waals surface area contributed by atoms with Crippen LogP contribution in [-0.2, 0) is 52.3 Å². The number of esters is 2. The molecule has 0 aromatic carbocycles. The number of fused-ring (bicyclic) bond motifs is 4. The summed E-state index contributed by atoms with van der Waals surface area (Å²) in [5.41, 5.74) is -0.969. The first-order valence-corrected chi connectivity index (χ1v) is 16.6. The molecule has 8 rings (SSSR count). The molecule has 5 heterocycles. The van der Waals surface area contributed by atoms with E-state index in [1.165, 1.54) is 0 Å². The van der Waals surface area contributed by atoms with Gasteiger partial charge in [-0.3, -0.25) is 14.4 Å². The Bertz CT molecular complexity index is 1430. The van der Waals surface area contributed by atoms with Crippen LogP contribution in [0.5, 0.6) is 0 Å². The Labute approximate surface area is 270 Å². The van der Waals surface area contributed by atoms with E-state index in [9.17, 15) is 29.4 Å². The molecule has 0 radical (unpaired) electrons. The van der Waals surface area contributed by atoms with Crippen molar-refractivity contribution in [3.63, 3.8) is 0 Å². The number of ether oxygens (including phenoxy) is 7. The van der Waals surface area contributed by atoms with Gasteiger partial charge in [0, 0.05) is 17.6 Å². The highest BCUT2D eigenvalue weighted by molar-refractivity contribution is 5.92. The normalized spacial score (nSPS) is 46.5. The SMILES string of the molecule is CC(C)[C@]12O[C@H]1[C@@H]1O[C@]13[C@]1(O[C@H]1C[C@H]1C4=C(CC[C@@]13C)C(=O)OC4)[C@@H]2OC(=O)CNC(=O)CNC(=O)COC[C@H]1OCC[C@@H](O)[C@@H]1O. The number of aliphatic hydroxyl groups excluding tert-OH is 2. The van der Waals surface area contributed by atoms with E-state index in [1.807, 2.05) is 13.8 Å². The zero-order chi connectivity index (χ0) is 33.1. The fraction of sp³-hybridized carbons (Fsp3) is 0.812. The van der Waals surface area contributed by atoms with Gasteiger partial charge in [0.05, 0.1) is 25.4 Å². The van der Waals surface area contributed by atoms with Gasteiger partial charge in [-0.25, -0.2) is 4.79 Å². The summed E-state index contributed by atoms with van der Waals surface area (Å²) in [6.07, 6.45) is -1.97. The van der Waals surface area contributed by atoms with Gasteiger partial charge in [0.1, 0.15) is 55.4 Å². The Kier molecular flexibility index (Phi) is 7.17. The second-order valence-corrected chi connectivity index (χ2v) is 14.7. The van der Waals surface area contributed by atoms with Crippen LogP contribution in [-0.4, -0.2) is 133 Å². The van der Waals surface area contributed by atoms with Crippen LogP contribution in [0.4, 0.5) is 0 Å². The van der Waals surface area contributed by atoms with Gasteiger partial charge in [0.15, 0.2) is 11.7 Å². The topological polar surface area (TPSA) is 207 Å². The van der Waals surface area contributed by atoms with E-state index in [-0.39, 0.29) is 61.4 Å². The van der Waals surface area contributed by atoms with E-state index in [0.717, 1.165) is 11.1 Å². The first-order valence-electron chi connectivity index (χ1n) is 16.6. The second-order valence-electron chi connectivity index (χ2n) is 14.7. The molecule has 258 valence electrons. The first-order chi connectivity index (χ1) is 22.4. The van der Waals surface area contributed by atoms with Crippen molar-refractivity contribution in [1.82, 2.24) is 10.6 Å². The molecular weight excluding hydrogens is 620 g/mol. The van der Waals surface area contributed by atoms with Crippen molar-refractivity contribution in [1.29, 1.82) is 0 Å². The number of aliphatic hydroxyl groups is 2. The largest absolute Gasteiger partial charge is 0.458 e. The fourth-order valence-corrected chi connectivity index (χ4v) is 9.75. The summed E-state index contributed by atoms with van der Waals surface area (Å²) < 4.78 is 42.0. The molecule has 5 aliphatic heterocycles. The molecule has 0 aromatic heterocycles. The van der Waals surface area contributed by atoms with Gasteiger partial charge in [-0.15, -0.1) is 0 Å². The number of cyclic esters (lactones) is 1. The van der Waals surface area contributed by atoms with Crippen LogP contribution in [0.15, 0.2) is 11.1 Å². The maximum atomic E-state index is 13.3. The summed E-state index contributed by atoms with van der Waals surface area (Å²) in [5.74, 6) is -2.03. The summed E-state index contributed by atoms with van der Waals surface area (Å²) in [6.45, 7) is 5.53. The minimum Gasteiger partial charge on any atom is -0.458 e. The summed E-state index contributed by atoms with van der Waals surface area (Å²) in [6, 6.07) is 0. The average Bonchev–Trinajstić information content (AvgIpc) is 3.95. The van der Waals surface area contributed by atoms with E-state index in [1.54, 1.807) is 0 Å². The minimum atomic E-state index is -1.11. The maximum absolute atomic E-state index is 13.3. The van der Waals surface area contributed by atoms with Gasteiger partial charge in [-0.2, -0.15) is 0 Å². The lowest BCUT2D eigenvalue weighted by atomic mass is 9.46. The van der Waals surface area contributed by atoms with Crippen LogP contribution in [0.3, 0.4) is 0 Å². The van der Waals surface area contributed by atoms with Crippen LogP contribution in [0, 0.1) is 17.3 Å². The van der Waals surface area contributed by atoms with Gasteiger partial charge >= 0.3 is 11.9 Å². The quantitative estimate of drug-likeness (QED) is 0.154. The number of epoxide rings is 3. The van der Waals surface area contributed by atoms with Crippen LogP contribution in [0.2, 0.25) is 0 Å². The molecule has 0 bridgehead atoms. The molecule has 12 atom stereocenters. The molecular formula is C32H42N2O13. The Morgan fingerprint density at radius 3 is 2.64 bits per heavy atom. The van der Waals surface area contributed by atoms with Gasteiger partial charge in [0.25, 0.3) is 0 Å². The first kappa shape index (κ1) is 31.6. The Morgan fingerprint density at radius 1 is 1.06 bits per heavy atom. The van der Waals surface area contributed by atoms with E-state index < -0.39 is 72.1 Å². The van der Waals surface area contributed by atoms with Crippen molar-refractivity contribution in [2.24, 2.45) is 17.3 Å². The van der Waals surface area contributed by atoms with Crippen molar-refractivity contribution in [3.05, 3.63) is 11.1 Å². The highest BCUT2D eigenvalue weighted by Gasteiger charge is 3.01. The lowest BCUT2D eigenvalue weighted by molar-refractivity contribution is -0.168. The lowest BCUT2D eigenvalue weighted by Gasteiger charge is -2.53. The van der Waals surface area contributed by atoms with Crippen LogP contribution in [0.25, 0.3) is 0 Å². The third-order valence-electron chi connectivity index (χ3n) is 12.2. The van der Waals surface area contributed by atoms with E-state index in [0.29, 0.717) is 32.3 Å². The summed E-state index contributed by atoms with van der Waals surface area (Å²) in [5, 5.41) is 24.6. The number of carbonyl (C=O) groups is 4. The number of rotatable bonds is 10. The average molecular weight is 663 g/mol. The van der Waals surface area contributed by atoms with Crippen molar-refractivity contribution >= 4 is 23.8 Å². The molecule has 0 unspecified atom stereocenters. The van der Waals surface area contributed by atoms with Crippen molar-refractivity contribution < 1.29 is 62.5 Å². The summed E-state index contributed by atoms with van der Waals surface area (Å²) >= 11 is 0. The molecule has 2 amide bonds. The Morgan fingerprint density at radius 2 is 1.85 bits per heavy atom. The lowest BCUT2D eigenvalue weighted by Crippen LogP contribution is -2.70. The van der Waals surface area contributed by atoms with Crippen molar-refractivity contribution in [2.75, 3.05) is 39.5 Å². The third-order valence-corrected chi connectivity index (χ3v) is 12.2. The molecule has 0 aromatic rings. The van der Waals surface area contributed by atoms with Crippen LogP contribution in [0.1, 0.15) is 46.5 Å². The summed E-state index contributed by atoms with van der Waals surface area (Å²) in [7, 11) is 0. The minimum absolute atomic E-state index is 0.0104. The van der Waals surface area contributed by atoms with E-state index in [4.69, 9.17) is 33.2 Å². The van der Waals surface area contributed by atoms with E-state index in [2.05, 4.69) is 17.6 Å². The molecule has 4 saturated heterocycles. The van der Waals surface area contributed by atoms with Crippen LogP contribution < -0.4 is 10.6 Å². The molecule has 6 fully saturated rings. The second kappa shape index (κ2) is 10.7. The zero-order valence-corrected chi connectivity index (χ0v) is 26.7. The highest BCUT2D eigenvalue weighted by atomic mass is 16.8. The number of hydrogen-bond acceptors (Lipinski definition) is 13. The van der Waals surface area contributed by atoms with Crippen molar-refractivity contribution in [3.8, 4) is 0 Å². The highest BCUT2D eigenvalue weighted by Crippen LogP contribution is 2.83. The number of carbonyl (C=O) groups excluding carboxylic acids is 4. The molecule has 3 aliphatic carbocycles. The number of amides is 2. The molecule has 4 N–H and O–H groups in total. The number of hydrogen-bond donors (Lipinski definition) is 4. The third kappa shape index (κ3) is 4.29. The summed E-state index contributed by atoms with van der Waals surface area (Å²) in [4.78, 5) is 50.4. The Balaban J connectivity index is 0.886. The van der Waals surface area contributed by atoms with Gasteiger partial charge < -0.3 is 54.0 Å². The predicted molar refractivity (Wildman–Crippen MR) is 154 cm³/mol. The standard InChI is InChI=1S/C32H42N2O13/c1-14(2)30-25(46-30)26-32(47-26)29(3)6-4-15-16(11-43-27(15)40)17(29)8-20-31(32,45-20)28(30)44-23(38)10-34-21(36)9-33-22(37)13-41-12-19-24(39)18(35)5-7-42-19/h14,17-20,24-26,28,35,39H,4-13H2,1-3H3,(H,33,37)(H,34,36)/t17-,18+,19+,20-,24-,25-,26-,28+,29-,30-,31+,32+/m0/s1. The maximum Gasteiger partial charge on any atom is 0.334 e. The van der Waals surface area contributed by atoms with Crippen LogP contribution >= 0.6 is 0 Å². The van der Waals surface area contributed by atoms with E-state index >= 15 is 0 Å².